The molecule has 0 spiro atoms. The first-order chi connectivity index (χ1) is 6.74. The molecule has 1 aliphatic rings. The number of fused-ring (bicyclic) bond motifs is 1. The lowest BCUT2D eigenvalue weighted by molar-refractivity contribution is 0.0611. The summed E-state index contributed by atoms with van der Waals surface area (Å²) in [6.07, 6.45) is -0.544. The summed E-state index contributed by atoms with van der Waals surface area (Å²) < 4.78 is 0. The molecule has 0 saturated heterocycles. The smallest absolute Gasteiger partial charge is 0.271 e. The van der Waals surface area contributed by atoms with Crippen LogP contribution >= 0.6 is 0 Å². The van der Waals surface area contributed by atoms with Crippen molar-refractivity contribution in [1.82, 2.24) is 5.01 Å². The minimum absolute atomic E-state index is 0.212. The molecular formula is C9H11N3O2. The maximum absolute atomic E-state index is 11.6. The van der Waals surface area contributed by atoms with Crippen LogP contribution in [0.4, 0.5) is 5.69 Å². The molecule has 4 N–H and O–H groups in total. The molecule has 74 valence electrons. The lowest BCUT2D eigenvalue weighted by Crippen LogP contribution is -2.54. The fourth-order valence-electron chi connectivity index (χ4n) is 1.46. The summed E-state index contributed by atoms with van der Waals surface area (Å²) in [5.41, 5.74) is 1.23. The summed E-state index contributed by atoms with van der Waals surface area (Å²) in [6.45, 7) is -0.212. The van der Waals surface area contributed by atoms with E-state index < -0.39 is 6.17 Å². The zero-order valence-electron chi connectivity index (χ0n) is 7.47. The molecule has 1 aliphatic heterocycles. The molecule has 1 atom stereocenters. The fourth-order valence-corrected chi connectivity index (χ4v) is 1.46. The van der Waals surface area contributed by atoms with Gasteiger partial charge in [-0.25, -0.2) is 5.84 Å². The normalized spacial score (nSPS) is 20.3. The number of para-hydroxylation sites is 1. The van der Waals surface area contributed by atoms with Crippen molar-refractivity contribution in [2.45, 2.75) is 6.17 Å². The lowest BCUT2D eigenvalue weighted by atomic mass is 10.1. The van der Waals surface area contributed by atoms with E-state index >= 15 is 0 Å². The van der Waals surface area contributed by atoms with E-state index in [0.29, 0.717) is 11.3 Å². The van der Waals surface area contributed by atoms with E-state index in [0.717, 1.165) is 5.01 Å². The number of nitrogens with one attached hydrogen (secondary N) is 1. The first-order valence-electron chi connectivity index (χ1n) is 4.28. The first kappa shape index (κ1) is 8.98. The van der Waals surface area contributed by atoms with Crippen LogP contribution in [0.15, 0.2) is 24.3 Å². The van der Waals surface area contributed by atoms with Gasteiger partial charge in [-0.3, -0.25) is 9.80 Å². The molecule has 1 amide bonds. The van der Waals surface area contributed by atoms with E-state index in [1.165, 1.54) is 0 Å². The number of rotatable bonds is 1. The van der Waals surface area contributed by atoms with E-state index in [1.54, 1.807) is 18.2 Å². The number of hydrogen-bond acceptors (Lipinski definition) is 4. The van der Waals surface area contributed by atoms with Crippen LogP contribution in [0.25, 0.3) is 0 Å². The van der Waals surface area contributed by atoms with Crippen molar-refractivity contribution in [3.63, 3.8) is 0 Å². The third-order valence-corrected chi connectivity index (χ3v) is 2.22. The molecule has 1 aromatic rings. The van der Waals surface area contributed by atoms with Crippen LogP contribution in [0.1, 0.15) is 10.4 Å². The van der Waals surface area contributed by atoms with Crippen LogP contribution in [0.3, 0.4) is 0 Å². The predicted octanol–water partition coefficient (Wildman–Crippen LogP) is -0.254. The summed E-state index contributed by atoms with van der Waals surface area (Å²) in [5.74, 6) is 5.23. The third-order valence-electron chi connectivity index (χ3n) is 2.22. The molecule has 2 rings (SSSR count). The van der Waals surface area contributed by atoms with Crippen LogP contribution in [0.2, 0.25) is 0 Å². The van der Waals surface area contributed by atoms with Gasteiger partial charge in [-0.1, -0.05) is 12.1 Å². The van der Waals surface area contributed by atoms with Gasteiger partial charge in [-0.05, 0) is 12.1 Å². The van der Waals surface area contributed by atoms with Crippen LogP contribution in [-0.4, -0.2) is 28.8 Å². The van der Waals surface area contributed by atoms with Gasteiger partial charge in [-0.15, -0.1) is 0 Å². The van der Waals surface area contributed by atoms with Crippen molar-refractivity contribution in [2.24, 2.45) is 5.84 Å². The zero-order valence-corrected chi connectivity index (χ0v) is 7.47. The Morgan fingerprint density at radius 3 is 2.93 bits per heavy atom. The summed E-state index contributed by atoms with van der Waals surface area (Å²) in [4.78, 5) is 11.6. The Labute approximate surface area is 81.1 Å². The summed E-state index contributed by atoms with van der Waals surface area (Å²) >= 11 is 0. The second-order valence-electron chi connectivity index (χ2n) is 3.10. The molecule has 0 aromatic heterocycles. The first-order valence-corrected chi connectivity index (χ1v) is 4.28. The van der Waals surface area contributed by atoms with Gasteiger partial charge < -0.3 is 10.4 Å². The number of amides is 1. The molecule has 0 aliphatic carbocycles. The van der Waals surface area contributed by atoms with Gasteiger partial charge >= 0.3 is 0 Å². The SMILES string of the molecule is NN1C(=O)c2ccccc2NC1CO. The Hall–Kier alpha value is -1.59. The minimum Gasteiger partial charge on any atom is -0.392 e. The molecule has 5 heteroatoms. The number of nitrogens with zero attached hydrogens (tertiary/aromatic N) is 1. The Morgan fingerprint density at radius 1 is 1.50 bits per heavy atom. The monoisotopic (exact) mass is 193 g/mol. The van der Waals surface area contributed by atoms with Gasteiger partial charge in [0.15, 0.2) is 0 Å². The Morgan fingerprint density at radius 2 is 2.21 bits per heavy atom. The molecule has 0 fully saturated rings. The molecule has 0 bridgehead atoms. The van der Waals surface area contributed by atoms with Crippen LogP contribution in [0, 0.1) is 0 Å². The molecular weight excluding hydrogens is 182 g/mol. The van der Waals surface area contributed by atoms with E-state index in [2.05, 4.69) is 5.32 Å². The number of hydrazine groups is 1. The highest BCUT2D eigenvalue weighted by atomic mass is 16.3. The highest BCUT2D eigenvalue weighted by molar-refractivity contribution is 6.01. The number of benzene rings is 1. The largest absolute Gasteiger partial charge is 0.392 e. The number of anilines is 1. The maximum atomic E-state index is 11.6. The highest BCUT2D eigenvalue weighted by Crippen LogP contribution is 2.22. The van der Waals surface area contributed by atoms with Crippen LogP contribution < -0.4 is 11.2 Å². The minimum atomic E-state index is -0.544. The van der Waals surface area contributed by atoms with Gasteiger partial charge in [0.1, 0.15) is 6.17 Å². The summed E-state index contributed by atoms with van der Waals surface area (Å²) in [6, 6.07) is 7.06. The average Bonchev–Trinajstić information content (AvgIpc) is 2.23. The van der Waals surface area contributed by atoms with E-state index in [4.69, 9.17) is 10.9 Å². The molecule has 1 heterocycles. The van der Waals surface area contributed by atoms with Gasteiger partial charge in [-0.2, -0.15) is 0 Å². The van der Waals surface area contributed by atoms with Crippen molar-refractivity contribution in [3.8, 4) is 0 Å². The summed E-state index contributed by atoms with van der Waals surface area (Å²) in [7, 11) is 0. The molecule has 0 saturated carbocycles. The van der Waals surface area contributed by atoms with Crippen molar-refractivity contribution in [2.75, 3.05) is 11.9 Å². The Balaban J connectivity index is 2.42. The molecule has 1 unspecified atom stereocenters. The molecule has 5 nitrogen and oxygen atoms in total. The molecule has 0 radical (unpaired) electrons. The molecule has 14 heavy (non-hydrogen) atoms. The number of nitrogens with two attached hydrogens (primary N) is 1. The second-order valence-corrected chi connectivity index (χ2v) is 3.10. The van der Waals surface area contributed by atoms with Crippen molar-refractivity contribution in [3.05, 3.63) is 29.8 Å². The van der Waals surface area contributed by atoms with Crippen LogP contribution in [0.5, 0.6) is 0 Å². The van der Waals surface area contributed by atoms with Crippen molar-refractivity contribution >= 4 is 11.6 Å². The average molecular weight is 193 g/mol. The Kier molecular flexibility index (Phi) is 2.11. The number of hydrogen-bond donors (Lipinski definition) is 3. The van der Waals surface area contributed by atoms with E-state index in [1.807, 2.05) is 6.07 Å². The lowest BCUT2D eigenvalue weighted by Gasteiger charge is -2.33. The predicted molar refractivity (Wildman–Crippen MR) is 51.3 cm³/mol. The van der Waals surface area contributed by atoms with E-state index in [9.17, 15) is 4.79 Å². The number of carbonyl (C=O) groups excluding carboxylic acids is 1. The zero-order chi connectivity index (χ0) is 10.1. The number of aliphatic hydroxyl groups excluding tert-OH is 1. The van der Waals surface area contributed by atoms with Gasteiger partial charge in [0.05, 0.1) is 12.2 Å². The number of carbonyl (C=O) groups is 1. The van der Waals surface area contributed by atoms with Gasteiger partial charge in [0.25, 0.3) is 5.91 Å². The fraction of sp³-hybridized carbons (Fsp3) is 0.222. The third kappa shape index (κ3) is 1.23. The summed E-state index contributed by atoms with van der Waals surface area (Å²) in [5, 5.41) is 12.9. The van der Waals surface area contributed by atoms with Crippen LogP contribution in [-0.2, 0) is 0 Å². The maximum Gasteiger partial charge on any atom is 0.271 e. The quantitative estimate of drug-likeness (QED) is 0.424. The van der Waals surface area contributed by atoms with Crippen molar-refractivity contribution < 1.29 is 9.90 Å². The topological polar surface area (TPSA) is 78.6 Å². The van der Waals surface area contributed by atoms with Crippen molar-refractivity contribution in [1.29, 1.82) is 0 Å². The number of aliphatic hydroxyl groups is 1. The van der Waals surface area contributed by atoms with Gasteiger partial charge in [0, 0.05) is 5.69 Å². The Bertz CT molecular complexity index is 367. The highest BCUT2D eigenvalue weighted by Gasteiger charge is 2.28. The second kappa shape index (κ2) is 3.28. The van der Waals surface area contributed by atoms with E-state index in [-0.39, 0.29) is 12.5 Å². The molecule has 1 aromatic carbocycles. The standard InChI is InChI=1S/C9H11N3O2/c10-12-8(5-13)11-7-4-2-1-3-6(7)9(12)14/h1-4,8,11,13H,5,10H2. The van der Waals surface area contributed by atoms with Gasteiger partial charge in [0.2, 0.25) is 0 Å².